The fourth-order valence-corrected chi connectivity index (χ4v) is 3.57. The summed E-state index contributed by atoms with van der Waals surface area (Å²) in [6, 6.07) is 12.2. The lowest BCUT2D eigenvalue weighted by Gasteiger charge is -2.23. The minimum atomic E-state index is -1.00. The number of carboxylic acid groups (broad SMARTS) is 1. The lowest BCUT2D eigenvalue weighted by Crippen LogP contribution is -2.21. The third-order valence-corrected chi connectivity index (χ3v) is 5.01. The first-order valence-electron chi connectivity index (χ1n) is 9.54. The van der Waals surface area contributed by atoms with E-state index >= 15 is 0 Å². The number of nitrogens with one attached hydrogen (secondary N) is 2. The SMILES string of the molecule is CNC(=O)c1nn(C2CCCCO2)c2cc(Nc3ccccc3C(=O)O)ccc12. The quantitative estimate of drug-likeness (QED) is 0.611. The highest BCUT2D eigenvalue weighted by Crippen LogP contribution is 2.31. The van der Waals surface area contributed by atoms with E-state index in [-0.39, 0.29) is 17.7 Å². The van der Waals surface area contributed by atoms with Crippen LogP contribution >= 0.6 is 0 Å². The van der Waals surface area contributed by atoms with Gasteiger partial charge in [0.15, 0.2) is 11.9 Å². The number of nitrogens with zero attached hydrogens (tertiary/aromatic N) is 2. The first-order valence-corrected chi connectivity index (χ1v) is 9.54. The van der Waals surface area contributed by atoms with Crippen molar-refractivity contribution in [3.8, 4) is 0 Å². The normalized spacial score (nSPS) is 16.5. The molecule has 0 spiro atoms. The van der Waals surface area contributed by atoms with Crippen molar-refractivity contribution in [3.63, 3.8) is 0 Å². The van der Waals surface area contributed by atoms with Gasteiger partial charge >= 0.3 is 5.97 Å². The Balaban J connectivity index is 1.78. The molecular formula is C21H22N4O4. The molecule has 0 saturated carbocycles. The van der Waals surface area contributed by atoms with Gasteiger partial charge in [0.1, 0.15) is 0 Å². The van der Waals surface area contributed by atoms with Crippen LogP contribution in [0.15, 0.2) is 42.5 Å². The largest absolute Gasteiger partial charge is 0.478 e. The van der Waals surface area contributed by atoms with Gasteiger partial charge in [0, 0.05) is 24.7 Å². The van der Waals surface area contributed by atoms with Gasteiger partial charge in [0.25, 0.3) is 5.91 Å². The number of carbonyl (C=O) groups excluding carboxylic acids is 1. The Kier molecular flexibility index (Phi) is 5.18. The number of fused-ring (bicyclic) bond motifs is 1. The standard InChI is InChI=1S/C21H22N4O4/c1-22-20(26)19-15-10-9-13(23-16-7-3-2-6-14(16)21(27)28)12-17(15)25(24-19)18-8-4-5-11-29-18/h2-3,6-7,9-10,12,18,23H,4-5,8,11H2,1H3,(H,22,26)(H,27,28). The molecule has 0 bridgehead atoms. The third-order valence-electron chi connectivity index (χ3n) is 5.01. The number of carbonyl (C=O) groups is 2. The predicted octanol–water partition coefficient (Wildman–Crippen LogP) is 3.54. The summed E-state index contributed by atoms with van der Waals surface area (Å²) < 4.78 is 7.64. The first kappa shape index (κ1) is 18.9. The van der Waals surface area contributed by atoms with Gasteiger partial charge in [-0.15, -0.1) is 0 Å². The molecule has 8 heteroatoms. The molecule has 1 fully saturated rings. The van der Waals surface area contributed by atoms with Crippen LogP contribution in [0.1, 0.15) is 46.3 Å². The molecule has 1 saturated heterocycles. The maximum Gasteiger partial charge on any atom is 0.337 e. The molecule has 1 aliphatic heterocycles. The zero-order valence-electron chi connectivity index (χ0n) is 16.0. The van der Waals surface area contributed by atoms with Crippen molar-refractivity contribution in [2.45, 2.75) is 25.5 Å². The van der Waals surface area contributed by atoms with Crippen molar-refractivity contribution in [3.05, 3.63) is 53.7 Å². The Morgan fingerprint density at radius 2 is 2.03 bits per heavy atom. The van der Waals surface area contributed by atoms with E-state index in [9.17, 15) is 14.7 Å². The summed E-state index contributed by atoms with van der Waals surface area (Å²) >= 11 is 0. The number of para-hydroxylation sites is 1. The minimum absolute atomic E-state index is 0.183. The second-order valence-corrected chi connectivity index (χ2v) is 6.90. The molecule has 4 rings (SSSR count). The number of rotatable bonds is 5. The highest BCUT2D eigenvalue weighted by atomic mass is 16.5. The van der Waals surface area contributed by atoms with Crippen molar-refractivity contribution < 1.29 is 19.4 Å². The second kappa shape index (κ2) is 7.92. The summed E-state index contributed by atoms with van der Waals surface area (Å²) in [5.74, 6) is -1.27. The van der Waals surface area contributed by atoms with Crippen LogP contribution in [0.25, 0.3) is 10.9 Å². The summed E-state index contributed by atoms with van der Waals surface area (Å²) in [6.45, 7) is 0.658. The van der Waals surface area contributed by atoms with Crippen molar-refractivity contribution in [2.75, 3.05) is 19.0 Å². The summed E-state index contributed by atoms with van der Waals surface area (Å²) in [6.07, 6.45) is 2.64. The molecule has 150 valence electrons. The maximum absolute atomic E-state index is 12.3. The van der Waals surface area contributed by atoms with E-state index in [4.69, 9.17) is 4.74 Å². The smallest absolute Gasteiger partial charge is 0.337 e. The Bertz CT molecular complexity index is 1070. The van der Waals surface area contributed by atoms with Crippen LogP contribution in [0.2, 0.25) is 0 Å². The van der Waals surface area contributed by atoms with E-state index in [2.05, 4.69) is 15.7 Å². The monoisotopic (exact) mass is 394 g/mol. The molecule has 0 aliphatic carbocycles. The lowest BCUT2D eigenvalue weighted by atomic mass is 10.1. The third kappa shape index (κ3) is 3.66. The predicted molar refractivity (Wildman–Crippen MR) is 109 cm³/mol. The first-order chi connectivity index (χ1) is 14.1. The summed E-state index contributed by atoms with van der Waals surface area (Å²) in [5, 5.41) is 20.5. The average Bonchev–Trinajstić information content (AvgIpc) is 3.13. The highest BCUT2D eigenvalue weighted by Gasteiger charge is 2.23. The van der Waals surface area contributed by atoms with Crippen molar-refractivity contribution in [2.24, 2.45) is 0 Å². The van der Waals surface area contributed by atoms with E-state index in [0.717, 1.165) is 30.2 Å². The topological polar surface area (TPSA) is 105 Å². The summed E-state index contributed by atoms with van der Waals surface area (Å²) in [5.41, 5.74) is 2.47. The molecule has 1 unspecified atom stereocenters. The molecular weight excluding hydrogens is 372 g/mol. The molecule has 8 nitrogen and oxygen atoms in total. The minimum Gasteiger partial charge on any atom is -0.478 e. The van der Waals surface area contributed by atoms with Gasteiger partial charge < -0.3 is 20.5 Å². The van der Waals surface area contributed by atoms with Crippen LogP contribution in [-0.4, -0.2) is 40.4 Å². The number of hydrogen-bond acceptors (Lipinski definition) is 5. The van der Waals surface area contributed by atoms with E-state index in [1.54, 1.807) is 42.1 Å². The molecule has 1 aliphatic rings. The van der Waals surface area contributed by atoms with E-state index in [1.165, 1.54) is 0 Å². The summed E-state index contributed by atoms with van der Waals surface area (Å²) in [4.78, 5) is 23.8. The van der Waals surface area contributed by atoms with Crippen LogP contribution in [0.5, 0.6) is 0 Å². The maximum atomic E-state index is 12.3. The molecule has 29 heavy (non-hydrogen) atoms. The molecule has 1 aromatic heterocycles. The number of ether oxygens (including phenoxy) is 1. The van der Waals surface area contributed by atoms with Crippen LogP contribution in [0.3, 0.4) is 0 Å². The van der Waals surface area contributed by atoms with E-state index < -0.39 is 5.97 Å². The van der Waals surface area contributed by atoms with Gasteiger partial charge in [-0.2, -0.15) is 5.10 Å². The zero-order chi connectivity index (χ0) is 20.4. The van der Waals surface area contributed by atoms with Gasteiger partial charge in [-0.1, -0.05) is 12.1 Å². The summed E-state index contributed by atoms with van der Waals surface area (Å²) in [7, 11) is 1.57. The Labute approximate surface area is 167 Å². The van der Waals surface area contributed by atoms with Crippen LogP contribution in [-0.2, 0) is 4.74 Å². The number of aromatic nitrogens is 2. The van der Waals surface area contributed by atoms with E-state index in [0.29, 0.717) is 23.7 Å². The van der Waals surface area contributed by atoms with Crippen LogP contribution in [0.4, 0.5) is 11.4 Å². The number of benzene rings is 2. The van der Waals surface area contributed by atoms with E-state index in [1.807, 2.05) is 12.1 Å². The second-order valence-electron chi connectivity index (χ2n) is 6.90. The van der Waals surface area contributed by atoms with Gasteiger partial charge in [-0.3, -0.25) is 4.79 Å². The van der Waals surface area contributed by atoms with Gasteiger partial charge in [0.2, 0.25) is 0 Å². The van der Waals surface area contributed by atoms with Crippen molar-refractivity contribution >= 4 is 34.2 Å². The van der Waals surface area contributed by atoms with Crippen molar-refractivity contribution in [1.82, 2.24) is 15.1 Å². The van der Waals surface area contributed by atoms with Gasteiger partial charge in [-0.25, -0.2) is 9.48 Å². The molecule has 1 atom stereocenters. The Morgan fingerprint density at radius 1 is 1.21 bits per heavy atom. The number of amides is 1. The molecule has 2 aromatic carbocycles. The highest BCUT2D eigenvalue weighted by molar-refractivity contribution is 6.05. The lowest BCUT2D eigenvalue weighted by molar-refractivity contribution is -0.0368. The molecule has 0 radical (unpaired) electrons. The zero-order valence-corrected chi connectivity index (χ0v) is 16.0. The Hall–Kier alpha value is -3.39. The molecule has 2 heterocycles. The molecule has 3 N–H and O–H groups in total. The fourth-order valence-electron chi connectivity index (χ4n) is 3.57. The molecule has 1 amide bonds. The van der Waals surface area contributed by atoms with Crippen LogP contribution < -0.4 is 10.6 Å². The average molecular weight is 394 g/mol. The van der Waals surface area contributed by atoms with Crippen molar-refractivity contribution in [1.29, 1.82) is 0 Å². The number of hydrogen-bond donors (Lipinski definition) is 3. The van der Waals surface area contributed by atoms with Crippen LogP contribution in [0, 0.1) is 0 Å². The van der Waals surface area contributed by atoms with Gasteiger partial charge in [0.05, 0.1) is 16.8 Å². The number of aromatic carboxylic acids is 1. The fraction of sp³-hybridized carbons (Fsp3) is 0.286. The molecule has 3 aromatic rings. The van der Waals surface area contributed by atoms with Gasteiger partial charge in [-0.05, 0) is 49.6 Å². The number of anilines is 2. The number of carboxylic acids is 1. The Morgan fingerprint density at radius 3 is 2.76 bits per heavy atom.